The number of hydrogen-bond donors (Lipinski definition) is 3. The van der Waals surface area contributed by atoms with Crippen LogP contribution in [0.5, 0.6) is 5.75 Å². The van der Waals surface area contributed by atoms with Crippen LogP contribution in [-0.2, 0) is 0 Å². The fourth-order valence-corrected chi connectivity index (χ4v) is 5.94. The molecule has 230 valence electrons. The standard InChI is InChI=1S/C33H35FN10O/c1-43(2)19-27(35)21-11-20(12-23(34)13-21)25-5-6-37-32-30(25)39-33(40-32)31-26-15-28(38-18-29(26)41-42-31)22-14-24(17-36-16-22)45-10-9-44-7-3-4-8-44/h5-6,11-18,27H,3-4,7-10,19,35H2,1-2H3,(H,41,42)(H,37,39,40). The number of ether oxygens (including phenoxy) is 1. The second-order valence-electron chi connectivity index (χ2n) is 11.8. The number of likely N-dealkylation sites (tertiary alicyclic amines) is 1. The van der Waals surface area contributed by atoms with Crippen LogP contribution in [0.2, 0.25) is 0 Å². The number of aromatic amines is 2. The Morgan fingerprint density at radius 1 is 1.04 bits per heavy atom. The number of likely N-dealkylation sites (N-methyl/N-ethyl adjacent to an activating group) is 1. The molecular weight excluding hydrogens is 571 g/mol. The predicted octanol–water partition coefficient (Wildman–Crippen LogP) is 4.80. The molecule has 6 heterocycles. The summed E-state index contributed by atoms with van der Waals surface area (Å²) >= 11 is 0. The summed E-state index contributed by atoms with van der Waals surface area (Å²) in [6.45, 7) is 4.39. The maximum absolute atomic E-state index is 14.8. The van der Waals surface area contributed by atoms with Gasteiger partial charge >= 0.3 is 0 Å². The van der Waals surface area contributed by atoms with Gasteiger partial charge in [-0.3, -0.25) is 20.0 Å². The van der Waals surface area contributed by atoms with Gasteiger partial charge in [0.25, 0.3) is 0 Å². The molecule has 0 bridgehead atoms. The third-order valence-electron chi connectivity index (χ3n) is 8.17. The predicted molar refractivity (Wildman–Crippen MR) is 172 cm³/mol. The van der Waals surface area contributed by atoms with Crippen molar-refractivity contribution in [2.45, 2.75) is 18.9 Å². The van der Waals surface area contributed by atoms with Crippen LogP contribution >= 0.6 is 0 Å². The molecular formula is C33H35FN10O. The molecule has 0 spiro atoms. The smallest absolute Gasteiger partial charge is 0.178 e. The van der Waals surface area contributed by atoms with Gasteiger partial charge in [0.15, 0.2) is 11.5 Å². The number of H-pyrrole nitrogens is 2. The Kier molecular flexibility index (Phi) is 7.92. The molecule has 1 aliphatic rings. The Labute approximate surface area is 259 Å². The molecule has 1 fully saturated rings. The highest BCUT2D eigenvalue weighted by molar-refractivity contribution is 5.96. The van der Waals surface area contributed by atoms with Gasteiger partial charge in [-0.05, 0) is 87.6 Å². The van der Waals surface area contributed by atoms with Crippen molar-refractivity contribution in [3.05, 3.63) is 72.6 Å². The van der Waals surface area contributed by atoms with Crippen LogP contribution in [0.1, 0.15) is 24.4 Å². The first-order chi connectivity index (χ1) is 21.9. The Hall–Kier alpha value is -4.78. The number of nitrogens with two attached hydrogens (primary N) is 1. The molecule has 7 rings (SSSR count). The van der Waals surface area contributed by atoms with Gasteiger partial charge in [0, 0.05) is 48.0 Å². The number of nitrogens with one attached hydrogen (secondary N) is 2. The van der Waals surface area contributed by atoms with Crippen molar-refractivity contribution >= 4 is 22.1 Å². The van der Waals surface area contributed by atoms with E-state index in [0.29, 0.717) is 47.1 Å². The van der Waals surface area contributed by atoms with Gasteiger partial charge in [-0.1, -0.05) is 0 Å². The Balaban J connectivity index is 1.19. The fraction of sp³-hybridized carbons (Fsp3) is 0.303. The largest absolute Gasteiger partial charge is 0.491 e. The lowest BCUT2D eigenvalue weighted by Gasteiger charge is -2.18. The zero-order valence-electron chi connectivity index (χ0n) is 25.3. The van der Waals surface area contributed by atoms with E-state index in [2.05, 4.69) is 35.0 Å². The lowest BCUT2D eigenvalue weighted by molar-refractivity contribution is 0.237. The topological polar surface area (TPSA) is 138 Å². The van der Waals surface area contributed by atoms with Gasteiger partial charge < -0.3 is 20.4 Å². The minimum Gasteiger partial charge on any atom is -0.491 e. The van der Waals surface area contributed by atoms with E-state index < -0.39 is 0 Å². The minimum atomic E-state index is -0.352. The molecule has 4 N–H and O–H groups in total. The third-order valence-corrected chi connectivity index (χ3v) is 8.17. The zero-order chi connectivity index (χ0) is 30.9. The average Bonchev–Trinajstić information content (AvgIpc) is 3.80. The quantitative estimate of drug-likeness (QED) is 0.201. The van der Waals surface area contributed by atoms with Crippen molar-refractivity contribution in [2.24, 2.45) is 5.73 Å². The van der Waals surface area contributed by atoms with E-state index in [4.69, 9.17) is 15.5 Å². The zero-order valence-corrected chi connectivity index (χ0v) is 25.3. The van der Waals surface area contributed by atoms with Crippen molar-refractivity contribution in [3.8, 4) is 39.7 Å². The molecule has 12 heteroatoms. The number of nitrogens with zero attached hydrogens (tertiary/aromatic N) is 7. The van der Waals surface area contributed by atoms with E-state index in [1.54, 1.807) is 24.8 Å². The SMILES string of the molecule is CN(C)CC(N)c1cc(F)cc(-c2ccnc3nc(-c4n[nH]c5cnc(-c6cncc(OCCN7CCCC7)c6)cc45)[nH]c23)c1. The van der Waals surface area contributed by atoms with Crippen LogP contribution in [0.15, 0.2) is 61.2 Å². The van der Waals surface area contributed by atoms with Gasteiger partial charge in [0.1, 0.15) is 23.9 Å². The van der Waals surface area contributed by atoms with Crippen molar-refractivity contribution in [3.63, 3.8) is 0 Å². The van der Waals surface area contributed by atoms with Crippen molar-refractivity contribution in [1.29, 1.82) is 0 Å². The second kappa shape index (κ2) is 12.3. The number of halogens is 1. The summed E-state index contributed by atoms with van der Waals surface area (Å²) in [4.78, 5) is 26.1. The summed E-state index contributed by atoms with van der Waals surface area (Å²) in [7, 11) is 3.88. The van der Waals surface area contributed by atoms with Gasteiger partial charge in [0.2, 0.25) is 0 Å². The first-order valence-electron chi connectivity index (χ1n) is 15.1. The maximum atomic E-state index is 14.8. The van der Waals surface area contributed by atoms with Crippen LogP contribution in [0, 0.1) is 5.82 Å². The highest BCUT2D eigenvalue weighted by Crippen LogP contribution is 2.33. The second-order valence-corrected chi connectivity index (χ2v) is 11.8. The van der Waals surface area contributed by atoms with E-state index in [9.17, 15) is 4.39 Å². The summed E-state index contributed by atoms with van der Waals surface area (Å²) in [6.07, 6.45) is 9.44. The number of aromatic nitrogens is 7. The molecule has 1 aromatic carbocycles. The van der Waals surface area contributed by atoms with Crippen LogP contribution < -0.4 is 10.5 Å². The Bertz CT molecular complexity index is 1960. The molecule has 11 nitrogen and oxygen atoms in total. The van der Waals surface area contributed by atoms with Crippen LogP contribution in [0.4, 0.5) is 4.39 Å². The Morgan fingerprint density at radius 2 is 1.91 bits per heavy atom. The summed E-state index contributed by atoms with van der Waals surface area (Å²) in [6, 6.07) is 10.3. The van der Waals surface area contributed by atoms with Crippen LogP contribution in [0.3, 0.4) is 0 Å². The molecule has 1 atom stereocenters. The number of pyridine rings is 3. The van der Waals surface area contributed by atoms with E-state index in [1.165, 1.54) is 25.0 Å². The molecule has 6 aromatic rings. The highest BCUT2D eigenvalue weighted by atomic mass is 19.1. The number of imidazole rings is 1. The summed E-state index contributed by atoms with van der Waals surface area (Å²) in [5.74, 6) is 0.891. The van der Waals surface area contributed by atoms with E-state index in [0.717, 1.165) is 52.9 Å². The first-order valence-corrected chi connectivity index (χ1v) is 15.1. The van der Waals surface area contributed by atoms with Gasteiger partial charge in [-0.2, -0.15) is 5.10 Å². The van der Waals surface area contributed by atoms with E-state index in [-0.39, 0.29) is 11.9 Å². The third kappa shape index (κ3) is 6.12. The molecule has 0 amide bonds. The van der Waals surface area contributed by atoms with E-state index >= 15 is 0 Å². The first kappa shape index (κ1) is 29.0. The summed E-state index contributed by atoms with van der Waals surface area (Å²) in [5.41, 5.74) is 12.7. The number of benzene rings is 1. The monoisotopic (exact) mass is 606 g/mol. The van der Waals surface area contributed by atoms with Gasteiger partial charge in [-0.25, -0.2) is 14.4 Å². The lowest BCUT2D eigenvalue weighted by atomic mass is 9.99. The van der Waals surface area contributed by atoms with E-state index in [1.807, 2.05) is 43.3 Å². The maximum Gasteiger partial charge on any atom is 0.178 e. The molecule has 1 saturated heterocycles. The number of rotatable bonds is 10. The minimum absolute atomic E-state index is 0.334. The van der Waals surface area contributed by atoms with Crippen LogP contribution in [0.25, 0.3) is 56.0 Å². The molecule has 5 aromatic heterocycles. The fourth-order valence-electron chi connectivity index (χ4n) is 5.94. The molecule has 0 radical (unpaired) electrons. The molecule has 1 unspecified atom stereocenters. The van der Waals surface area contributed by atoms with Gasteiger partial charge in [-0.15, -0.1) is 0 Å². The summed E-state index contributed by atoms with van der Waals surface area (Å²) in [5, 5.41) is 8.46. The molecule has 45 heavy (non-hydrogen) atoms. The van der Waals surface area contributed by atoms with Gasteiger partial charge in [0.05, 0.1) is 29.1 Å². The number of hydrogen-bond acceptors (Lipinski definition) is 9. The lowest BCUT2D eigenvalue weighted by Crippen LogP contribution is -2.26. The highest BCUT2D eigenvalue weighted by Gasteiger charge is 2.19. The molecule has 0 aliphatic carbocycles. The van der Waals surface area contributed by atoms with Crippen molar-refractivity contribution in [2.75, 3.05) is 46.9 Å². The average molecular weight is 607 g/mol. The van der Waals surface area contributed by atoms with Crippen molar-refractivity contribution < 1.29 is 9.13 Å². The van der Waals surface area contributed by atoms with Crippen molar-refractivity contribution in [1.82, 2.24) is 44.9 Å². The summed E-state index contributed by atoms with van der Waals surface area (Å²) < 4.78 is 20.8. The Morgan fingerprint density at radius 3 is 2.76 bits per heavy atom. The molecule has 1 aliphatic heterocycles. The van der Waals surface area contributed by atoms with Crippen LogP contribution in [-0.4, -0.2) is 91.8 Å². The normalized spacial score (nSPS) is 14.6. The molecule has 0 saturated carbocycles. The number of fused-ring (bicyclic) bond motifs is 2.